The van der Waals surface area contributed by atoms with E-state index in [1.165, 1.54) is 12.7 Å². The summed E-state index contributed by atoms with van der Waals surface area (Å²) in [6.45, 7) is 9.14. The van der Waals surface area contributed by atoms with Crippen molar-refractivity contribution < 1.29 is 9.15 Å². The first-order valence-electron chi connectivity index (χ1n) is 3.47. The highest BCUT2D eigenvalue weighted by Crippen LogP contribution is 2.28. The predicted molar refractivity (Wildman–Crippen MR) is 44.7 cm³/mol. The maximum absolute atomic E-state index is 6.73. The first-order chi connectivity index (χ1) is 5.88. The highest BCUT2D eigenvalue weighted by Gasteiger charge is 2.01. The molecule has 0 saturated heterocycles. The number of furan rings is 1. The van der Waals surface area contributed by atoms with Crippen LogP contribution in [0.2, 0.25) is 0 Å². The van der Waals surface area contributed by atoms with Gasteiger partial charge in [0.25, 0.3) is 5.69 Å². The van der Waals surface area contributed by atoms with E-state index in [0.717, 1.165) is 0 Å². The lowest BCUT2D eigenvalue weighted by molar-refractivity contribution is 0.343. The van der Waals surface area contributed by atoms with Crippen molar-refractivity contribution in [2.45, 2.75) is 6.92 Å². The molecule has 0 radical (unpaired) electrons. The third-order valence-corrected chi connectivity index (χ3v) is 1.16. The Hall–Kier alpha value is -1.76. The van der Waals surface area contributed by atoms with Gasteiger partial charge < -0.3 is 9.15 Å². The van der Waals surface area contributed by atoms with Gasteiger partial charge in [-0.25, -0.2) is 4.85 Å². The molecule has 0 bridgehead atoms. The number of aliphatic imine (C=N–C) groups is 1. The van der Waals surface area contributed by atoms with Crippen LogP contribution in [-0.2, 0) is 4.74 Å². The van der Waals surface area contributed by atoms with Crippen molar-refractivity contribution in [1.82, 2.24) is 0 Å². The van der Waals surface area contributed by atoms with Gasteiger partial charge in [0.05, 0.1) is 19.4 Å². The van der Waals surface area contributed by atoms with Crippen LogP contribution in [0.15, 0.2) is 21.7 Å². The van der Waals surface area contributed by atoms with Crippen molar-refractivity contribution in [2.24, 2.45) is 4.99 Å². The van der Waals surface area contributed by atoms with E-state index in [1.54, 1.807) is 6.07 Å². The molecule has 62 valence electrons. The number of rotatable bonds is 3. The highest BCUT2D eigenvalue weighted by atomic mass is 16.5. The van der Waals surface area contributed by atoms with Crippen LogP contribution in [0.3, 0.4) is 0 Å². The minimum absolute atomic E-state index is 0.290. The van der Waals surface area contributed by atoms with Crippen molar-refractivity contribution in [3.05, 3.63) is 23.7 Å². The van der Waals surface area contributed by atoms with E-state index >= 15 is 0 Å². The Bertz CT molecular complexity index is 309. The Balaban J connectivity index is 2.69. The summed E-state index contributed by atoms with van der Waals surface area (Å²) in [6, 6.07) is 1.56. The molecule has 0 fully saturated rings. The highest BCUT2D eigenvalue weighted by molar-refractivity contribution is 5.65. The number of hydrogen-bond donors (Lipinski definition) is 0. The largest absolute Gasteiger partial charge is 0.483 e. The Labute approximate surface area is 70.3 Å². The van der Waals surface area contributed by atoms with Crippen molar-refractivity contribution in [3.63, 3.8) is 0 Å². The molecule has 1 aromatic heterocycles. The van der Waals surface area contributed by atoms with Gasteiger partial charge in [-0.3, -0.25) is 0 Å². The molecule has 0 aliphatic heterocycles. The maximum atomic E-state index is 6.73. The summed E-state index contributed by atoms with van der Waals surface area (Å²) in [5.41, 5.74) is 0.394. The lowest BCUT2D eigenvalue weighted by atomic mass is 10.5. The monoisotopic (exact) mass is 164 g/mol. The molecule has 4 nitrogen and oxygen atoms in total. The van der Waals surface area contributed by atoms with Crippen LogP contribution >= 0.6 is 0 Å². The zero-order chi connectivity index (χ0) is 8.81. The van der Waals surface area contributed by atoms with Gasteiger partial charge in [-0.05, 0) is 13.0 Å². The molecule has 0 spiro atoms. The molecule has 4 heteroatoms. The quantitative estimate of drug-likeness (QED) is 0.391. The topological polar surface area (TPSA) is 39.1 Å². The second kappa shape index (κ2) is 4.19. The van der Waals surface area contributed by atoms with Crippen LogP contribution in [0.4, 0.5) is 11.6 Å². The minimum atomic E-state index is 0.290. The van der Waals surface area contributed by atoms with Crippen molar-refractivity contribution in [2.75, 3.05) is 6.61 Å². The first kappa shape index (κ1) is 8.34. The first-order valence-corrected chi connectivity index (χ1v) is 3.47. The second-order valence-electron chi connectivity index (χ2n) is 1.91. The minimum Gasteiger partial charge on any atom is -0.483 e. The fourth-order valence-electron chi connectivity index (χ4n) is 0.636. The second-order valence-corrected chi connectivity index (χ2v) is 1.91. The molecule has 0 amide bonds. The molecular weight excluding hydrogens is 156 g/mol. The lowest BCUT2D eigenvalue weighted by Gasteiger charge is -1.90. The van der Waals surface area contributed by atoms with Gasteiger partial charge in [0, 0.05) is 0 Å². The van der Waals surface area contributed by atoms with E-state index < -0.39 is 0 Å². The molecule has 0 aromatic carbocycles. The van der Waals surface area contributed by atoms with Gasteiger partial charge in [-0.2, -0.15) is 4.99 Å². The summed E-state index contributed by atoms with van der Waals surface area (Å²) in [7, 11) is 0. The molecule has 12 heavy (non-hydrogen) atoms. The van der Waals surface area contributed by atoms with Gasteiger partial charge in [0.2, 0.25) is 5.88 Å². The van der Waals surface area contributed by atoms with Crippen LogP contribution in [0.25, 0.3) is 4.85 Å². The molecule has 0 aliphatic rings. The molecule has 1 heterocycles. The van der Waals surface area contributed by atoms with Gasteiger partial charge in [-0.1, -0.05) is 0 Å². The van der Waals surface area contributed by atoms with Crippen LogP contribution in [0, 0.1) is 6.57 Å². The van der Waals surface area contributed by atoms with Gasteiger partial charge in [0.1, 0.15) is 0 Å². The number of hydrogen-bond acceptors (Lipinski definition) is 3. The van der Waals surface area contributed by atoms with Crippen LogP contribution in [0.1, 0.15) is 6.92 Å². The van der Waals surface area contributed by atoms with Crippen LogP contribution in [-0.4, -0.2) is 13.0 Å². The lowest BCUT2D eigenvalue weighted by Crippen LogP contribution is -1.82. The molecule has 0 aliphatic carbocycles. The molecule has 0 saturated carbocycles. The Kier molecular flexibility index (Phi) is 2.91. The summed E-state index contributed by atoms with van der Waals surface area (Å²) in [6.07, 6.45) is 2.69. The average molecular weight is 164 g/mol. The molecule has 1 aromatic rings. The van der Waals surface area contributed by atoms with E-state index in [2.05, 4.69) is 9.84 Å². The smallest absolute Gasteiger partial charge is 0.250 e. The molecule has 0 unspecified atom stereocenters. The zero-order valence-electron chi connectivity index (χ0n) is 6.65. The summed E-state index contributed by atoms with van der Waals surface area (Å²) in [4.78, 5) is 7.00. The SMILES string of the molecule is [C-]#[N+]c1ccoc1/N=C/OCC. The van der Waals surface area contributed by atoms with E-state index in [-0.39, 0.29) is 0 Å². The van der Waals surface area contributed by atoms with E-state index in [4.69, 9.17) is 15.7 Å². The summed E-state index contributed by atoms with van der Waals surface area (Å²) >= 11 is 0. The van der Waals surface area contributed by atoms with Crippen molar-refractivity contribution >= 4 is 18.0 Å². The Morgan fingerprint density at radius 2 is 2.67 bits per heavy atom. The summed E-state index contributed by atoms with van der Waals surface area (Å²) in [5.74, 6) is 0.290. The Morgan fingerprint density at radius 1 is 1.83 bits per heavy atom. The zero-order valence-corrected chi connectivity index (χ0v) is 6.65. The van der Waals surface area contributed by atoms with E-state index in [1.807, 2.05) is 6.92 Å². The molecule has 0 atom stereocenters. The number of ether oxygens (including phenoxy) is 1. The van der Waals surface area contributed by atoms with Gasteiger partial charge in [0.15, 0.2) is 6.40 Å². The van der Waals surface area contributed by atoms with Crippen molar-refractivity contribution in [1.29, 1.82) is 0 Å². The molecule has 0 N–H and O–H groups in total. The fourth-order valence-corrected chi connectivity index (χ4v) is 0.636. The summed E-state index contributed by atoms with van der Waals surface area (Å²) < 4.78 is 9.76. The maximum Gasteiger partial charge on any atom is 0.250 e. The standard InChI is InChI=1S/C8H8N2O2/c1-3-11-6-10-8-7(9-2)4-5-12-8/h4-6H,3H2,1H3/b10-6+. The number of nitrogens with zero attached hydrogens (tertiary/aromatic N) is 2. The summed E-state index contributed by atoms with van der Waals surface area (Å²) in [5, 5.41) is 0. The van der Waals surface area contributed by atoms with Crippen LogP contribution < -0.4 is 0 Å². The van der Waals surface area contributed by atoms with Crippen LogP contribution in [0.5, 0.6) is 0 Å². The molecule has 1 rings (SSSR count). The van der Waals surface area contributed by atoms with Gasteiger partial charge in [-0.15, -0.1) is 0 Å². The third-order valence-electron chi connectivity index (χ3n) is 1.16. The third kappa shape index (κ3) is 1.86. The van der Waals surface area contributed by atoms with Gasteiger partial charge >= 0.3 is 0 Å². The normalized spacial score (nSPS) is 10.0. The fraction of sp³-hybridized carbons (Fsp3) is 0.250. The predicted octanol–water partition coefficient (Wildman–Crippen LogP) is 2.53. The van der Waals surface area contributed by atoms with E-state index in [0.29, 0.717) is 18.2 Å². The molecular formula is C8H8N2O2. The van der Waals surface area contributed by atoms with E-state index in [9.17, 15) is 0 Å². The Morgan fingerprint density at radius 3 is 3.33 bits per heavy atom. The average Bonchev–Trinajstić information content (AvgIpc) is 2.52. The van der Waals surface area contributed by atoms with Crippen molar-refractivity contribution in [3.8, 4) is 0 Å².